The van der Waals surface area contributed by atoms with Crippen LogP contribution >= 0.6 is 0 Å². The number of nitrogens with zero attached hydrogens (tertiary/aromatic N) is 1. The maximum Gasteiger partial charge on any atom is 0.127 e. The number of hydrogen-bond acceptors (Lipinski definition) is 4. The van der Waals surface area contributed by atoms with E-state index in [1.165, 1.54) is 0 Å². The first-order valence-electron chi connectivity index (χ1n) is 6.73. The van der Waals surface area contributed by atoms with Gasteiger partial charge in [0, 0.05) is 17.3 Å². The number of nitrogens with one attached hydrogen (secondary N) is 1. The molecule has 0 amide bonds. The third-order valence-electron chi connectivity index (χ3n) is 2.67. The van der Waals surface area contributed by atoms with Crippen LogP contribution in [0.3, 0.4) is 0 Å². The van der Waals surface area contributed by atoms with Crippen molar-refractivity contribution in [3.63, 3.8) is 0 Å². The van der Waals surface area contributed by atoms with Crippen molar-refractivity contribution < 1.29 is 9.53 Å². The highest BCUT2D eigenvalue weighted by Crippen LogP contribution is 2.22. The fraction of sp³-hybridized carbons (Fsp3) is 0.375. The zero-order valence-corrected chi connectivity index (χ0v) is 12.1. The van der Waals surface area contributed by atoms with Crippen molar-refractivity contribution in [3.8, 4) is 5.75 Å². The molecule has 0 aliphatic heterocycles. The molecule has 20 heavy (non-hydrogen) atoms. The summed E-state index contributed by atoms with van der Waals surface area (Å²) < 4.78 is 5.49. The monoisotopic (exact) mass is 272 g/mol. The highest BCUT2D eigenvalue weighted by atomic mass is 16.5. The number of rotatable bonds is 5. The van der Waals surface area contributed by atoms with Gasteiger partial charge >= 0.3 is 0 Å². The molecule has 0 aliphatic carbocycles. The lowest BCUT2D eigenvalue weighted by Gasteiger charge is -2.21. The fourth-order valence-electron chi connectivity index (χ4n) is 1.87. The molecule has 4 nitrogen and oxygen atoms in total. The molecule has 0 spiro atoms. The van der Waals surface area contributed by atoms with Gasteiger partial charge < -0.3 is 14.8 Å². The van der Waals surface area contributed by atoms with E-state index in [-0.39, 0.29) is 5.54 Å². The minimum absolute atomic E-state index is 0.0153. The molecule has 0 radical (unpaired) electrons. The second kappa shape index (κ2) is 5.90. The van der Waals surface area contributed by atoms with Crippen LogP contribution in [0, 0.1) is 0 Å². The average Bonchev–Trinajstić information content (AvgIpc) is 2.37. The molecular formula is C16H20N2O2. The predicted octanol–water partition coefficient (Wildman–Crippen LogP) is 3.41. The summed E-state index contributed by atoms with van der Waals surface area (Å²) in [5.41, 5.74) is 0.903. The molecule has 106 valence electrons. The van der Waals surface area contributed by atoms with Crippen molar-refractivity contribution in [3.05, 3.63) is 30.3 Å². The van der Waals surface area contributed by atoms with Gasteiger partial charge in [0.05, 0.1) is 12.1 Å². The molecule has 0 saturated heterocycles. The Bertz CT molecular complexity index is 603. The van der Waals surface area contributed by atoms with Gasteiger partial charge in [0.15, 0.2) is 0 Å². The lowest BCUT2D eigenvalue weighted by atomic mass is 10.1. The van der Waals surface area contributed by atoms with Crippen LogP contribution in [0.1, 0.15) is 27.2 Å². The van der Waals surface area contributed by atoms with Gasteiger partial charge in [0.25, 0.3) is 0 Å². The summed E-state index contributed by atoms with van der Waals surface area (Å²) in [4.78, 5) is 14.8. The van der Waals surface area contributed by atoms with Gasteiger partial charge in [-0.3, -0.25) is 0 Å². The Hall–Kier alpha value is -2.10. The van der Waals surface area contributed by atoms with Gasteiger partial charge in [-0.05, 0) is 51.1 Å². The van der Waals surface area contributed by atoms with Crippen LogP contribution < -0.4 is 10.1 Å². The molecule has 0 aliphatic rings. The lowest BCUT2D eigenvalue weighted by Crippen LogP contribution is -2.26. The van der Waals surface area contributed by atoms with Gasteiger partial charge in [-0.15, -0.1) is 0 Å². The second-order valence-electron chi connectivity index (χ2n) is 5.73. The first kappa shape index (κ1) is 14.3. The van der Waals surface area contributed by atoms with E-state index in [1.54, 1.807) is 0 Å². The maximum atomic E-state index is 10.3. The normalized spacial score (nSPS) is 11.3. The van der Waals surface area contributed by atoms with E-state index in [1.807, 2.05) is 30.3 Å². The van der Waals surface area contributed by atoms with E-state index in [2.05, 4.69) is 31.1 Å². The summed E-state index contributed by atoms with van der Waals surface area (Å²) in [7, 11) is 0. The number of hydrogen-bond donors (Lipinski definition) is 1. The number of benzene rings is 1. The SMILES string of the molecule is CC(C)(C)Nc1ccc2cc(OCCC=O)ccc2n1. The van der Waals surface area contributed by atoms with Crippen molar-refractivity contribution in [1.82, 2.24) is 4.98 Å². The molecule has 0 unspecified atom stereocenters. The quantitative estimate of drug-likeness (QED) is 0.669. The highest BCUT2D eigenvalue weighted by molar-refractivity contribution is 5.81. The fourth-order valence-corrected chi connectivity index (χ4v) is 1.87. The Morgan fingerprint density at radius 1 is 1.25 bits per heavy atom. The smallest absolute Gasteiger partial charge is 0.127 e. The first-order chi connectivity index (χ1) is 9.48. The largest absolute Gasteiger partial charge is 0.493 e. The van der Waals surface area contributed by atoms with Crippen LogP contribution in [-0.2, 0) is 4.79 Å². The Kier molecular flexibility index (Phi) is 4.23. The van der Waals surface area contributed by atoms with Gasteiger partial charge in [-0.1, -0.05) is 0 Å². The third-order valence-corrected chi connectivity index (χ3v) is 2.67. The van der Waals surface area contributed by atoms with E-state index in [4.69, 9.17) is 4.74 Å². The molecule has 1 aromatic carbocycles. The van der Waals surface area contributed by atoms with Crippen molar-refractivity contribution >= 4 is 23.0 Å². The van der Waals surface area contributed by atoms with E-state index in [0.29, 0.717) is 13.0 Å². The topological polar surface area (TPSA) is 51.2 Å². The third kappa shape index (κ3) is 3.95. The molecule has 0 saturated carbocycles. The zero-order chi connectivity index (χ0) is 14.6. The number of aldehydes is 1. The summed E-state index contributed by atoms with van der Waals surface area (Å²) in [5.74, 6) is 1.62. The molecule has 0 atom stereocenters. The van der Waals surface area contributed by atoms with E-state index in [9.17, 15) is 4.79 Å². The number of aromatic nitrogens is 1. The van der Waals surface area contributed by atoms with Crippen LogP contribution in [0.2, 0.25) is 0 Å². The van der Waals surface area contributed by atoms with Crippen molar-refractivity contribution in [2.24, 2.45) is 0 Å². The Balaban J connectivity index is 2.18. The Morgan fingerprint density at radius 3 is 2.75 bits per heavy atom. The van der Waals surface area contributed by atoms with Crippen molar-refractivity contribution in [1.29, 1.82) is 0 Å². The van der Waals surface area contributed by atoms with Gasteiger partial charge in [0.1, 0.15) is 17.9 Å². The van der Waals surface area contributed by atoms with Gasteiger partial charge in [0.2, 0.25) is 0 Å². The number of ether oxygens (including phenoxy) is 1. The summed E-state index contributed by atoms with van der Waals surface area (Å²) in [6.45, 7) is 6.71. The number of carbonyl (C=O) groups excluding carboxylic acids is 1. The summed E-state index contributed by atoms with van der Waals surface area (Å²) >= 11 is 0. The molecule has 1 aromatic heterocycles. The summed E-state index contributed by atoms with van der Waals surface area (Å²) in [5, 5.41) is 4.37. The van der Waals surface area contributed by atoms with Crippen LogP contribution in [0.4, 0.5) is 5.82 Å². The minimum Gasteiger partial charge on any atom is -0.493 e. The van der Waals surface area contributed by atoms with Gasteiger partial charge in [-0.25, -0.2) is 4.98 Å². The molecular weight excluding hydrogens is 252 g/mol. The molecule has 2 rings (SSSR count). The standard InChI is InChI=1S/C16H20N2O2/c1-16(2,3)18-15-8-5-12-11-13(20-10-4-9-19)6-7-14(12)17-15/h5-9,11H,4,10H2,1-3H3,(H,17,18). The van der Waals surface area contributed by atoms with E-state index in [0.717, 1.165) is 28.8 Å². The number of pyridine rings is 1. The lowest BCUT2D eigenvalue weighted by molar-refractivity contribution is -0.108. The number of carbonyl (C=O) groups is 1. The zero-order valence-electron chi connectivity index (χ0n) is 12.1. The predicted molar refractivity (Wildman–Crippen MR) is 81.3 cm³/mol. The highest BCUT2D eigenvalue weighted by Gasteiger charge is 2.10. The van der Waals surface area contributed by atoms with E-state index < -0.39 is 0 Å². The van der Waals surface area contributed by atoms with Crippen LogP contribution in [-0.4, -0.2) is 23.4 Å². The maximum absolute atomic E-state index is 10.3. The van der Waals surface area contributed by atoms with Crippen molar-refractivity contribution in [2.45, 2.75) is 32.7 Å². The molecule has 0 bridgehead atoms. The van der Waals surface area contributed by atoms with Crippen LogP contribution in [0.25, 0.3) is 10.9 Å². The van der Waals surface area contributed by atoms with Crippen molar-refractivity contribution in [2.75, 3.05) is 11.9 Å². The Morgan fingerprint density at radius 2 is 2.05 bits per heavy atom. The molecule has 1 N–H and O–H groups in total. The second-order valence-corrected chi connectivity index (χ2v) is 5.73. The number of fused-ring (bicyclic) bond motifs is 1. The van der Waals surface area contributed by atoms with Crippen LogP contribution in [0.5, 0.6) is 5.75 Å². The van der Waals surface area contributed by atoms with Crippen LogP contribution in [0.15, 0.2) is 30.3 Å². The molecule has 2 aromatic rings. The minimum atomic E-state index is -0.0153. The Labute approximate surface area is 119 Å². The molecule has 4 heteroatoms. The van der Waals surface area contributed by atoms with E-state index >= 15 is 0 Å². The molecule has 0 fully saturated rings. The average molecular weight is 272 g/mol. The first-order valence-corrected chi connectivity index (χ1v) is 6.73. The number of anilines is 1. The van der Waals surface area contributed by atoms with Gasteiger partial charge in [-0.2, -0.15) is 0 Å². The summed E-state index contributed by atoms with van der Waals surface area (Å²) in [6, 6.07) is 9.72. The molecule has 1 heterocycles. The summed E-state index contributed by atoms with van der Waals surface area (Å²) in [6.07, 6.45) is 1.26.